The van der Waals surface area contributed by atoms with Gasteiger partial charge in [0.1, 0.15) is 0 Å². The smallest absolute Gasteiger partial charge is 0.282 e. The van der Waals surface area contributed by atoms with Crippen molar-refractivity contribution < 1.29 is 9.59 Å². The molecule has 3 nitrogen and oxygen atoms in total. The molecule has 2 aliphatic rings. The van der Waals surface area contributed by atoms with Crippen LogP contribution in [0.1, 0.15) is 20.3 Å². The van der Waals surface area contributed by atoms with E-state index in [0.29, 0.717) is 4.91 Å². The number of allylic oxidation sites excluding steroid dienone is 9. The lowest BCUT2D eigenvalue weighted by Crippen LogP contribution is -2.17. The van der Waals surface area contributed by atoms with Gasteiger partial charge in [-0.25, -0.2) is 0 Å². The number of rotatable bonds is 4. The molecule has 0 saturated carbocycles. The maximum Gasteiger partial charge on any atom is 0.290 e. The first kappa shape index (κ1) is 17.0. The number of amides is 2. The summed E-state index contributed by atoms with van der Waals surface area (Å²) < 4.78 is 0. The zero-order valence-corrected chi connectivity index (χ0v) is 13.1. The molecule has 0 aromatic heterocycles. The Kier molecular flexibility index (Phi) is 6.69. The largest absolute Gasteiger partial charge is 0.290 e. The zero-order valence-electron chi connectivity index (χ0n) is 12.3. The van der Waals surface area contributed by atoms with Gasteiger partial charge in [-0.1, -0.05) is 57.4 Å². The van der Waals surface area contributed by atoms with Crippen LogP contribution in [0.5, 0.6) is 0 Å². The van der Waals surface area contributed by atoms with E-state index in [1.54, 1.807) is 18.2 Å². The number of imide groups is 1. The fraction of sp³-hybridized carbons (Fsp3) is 0.176. The van der Waals surface area contributed by atoms with E-state index < -0.39 is 0 Å². The van der Waals surface area contributed by atoms with E-state index in [1.165, 1.54) is 0 Å². The van der Waals surface area contributed by atoms with Crippen LogP contribution in [0.3, 0.4) is 0 Å². The molecule has 0 radical (unpaired) electrons. The molecule has 1 saturated heterocycles. The predicted octanol–water partition coefficient (Wildman–Crippen LogP) is 4.43. The van der Waals surface area contributed by atoms with Gasteiger partial charge < -0.3 is 0 Å². The predicted molar refractivity (Wildman–Crippen MR) is 89.8 cm³/mol. The van der Waals surface area contributed by atoms with Crippen molar-refractivity contribution in [1.29, 1.82) is 0 Å². The molecule has 0 bridgehead atoms. The average molecular weight is 301 g/mol. The Balaban J connectivity index is 0.00000106. The molecular formula is C17H19NO2S. The fourth-order valence-corrected chi connectivity index (χ4v) is 2.56. The van der Waals surface area contributed by atoms with Crippen LogP contribution in [0.25, 0.3) is 0 Å². The van der Waals surface area contributed by atoms with Gasteiger partial charge in [0.25, 0.3) is 11.1 Å². The first-order chi connectivity index (χ1) is 10.1. The SMILES string of the molecule is C=C/C=C(\C=C)C1=CC=C(/C=C2\SC(=O)NC2=O)C1.CC. The van der Waals surface area contributed by atoms with Crippen LogP contribution in [0.4, 0.5) is 4.79 Å². The normalized spacial score (nSPS) is 19.5. The minimum absolute atomic E-state index is 0.318. The molecule has 0 aromatic rings. The minimum Gasteiger partial charge on any atom is -0.282 e. The molecule has 1 aliphatic heterocycles. The third-order valence-corrected chi connectivity index (χ3v) is 3.55. The lowest BCUT2D eigenvalue weighted by atomic mass is 10.0. The maximum absolute atomic E-state index is 11.4. The third-order valence-electron chi connectivity index (χ3n) is 2.74. The number of hydrogen-bond donors (Lipinski definition) is 1. The molecule has 0 spiro atoms. The molecule has 21 heavy (non-hydrogen) atoms. The summed E-state index contributed by atoms with van der Waals surface area (Å²) in [6.07, 6.45) is 11.8. The van der Waals surface area contributed by atoms with E-state index >= 15 is 0 Å². The highest BCUT2D eigenvalue weighted by Crippen LogP contribution is 2.31. The Morgan fingerprint density at radius 3 is 2.52 bits per heavy atom. The highest BCUT2D eigenvalue weighted by Gasteiger charge is 2.25. The van der Waals surface area contributed by atoms with Gasteiger partial charge in [-0.15, -0.1) is 0 Å². The van der Waals surface area contributed by atoms with Gasteiger partial charge in [0.15, 0.2) is 0 Å². The maximum atomic E-state index is 11.4. The van der Waals surface area contributed by atoms with Crippen molar-refractivity contribution in [2.75, 3.05) is 0 Å². The van der Waals surface area contributed by atoms with Crippen molar-refractivity contribution in [3.63, 3.8) is 0 Å². The van der Waals surface area contributed by atoms with Gasteiger partial charge >= 0.3 is 0 Å². The van der Waals surface area contributed by atoms with Crippen LogP contribution in [-0.2, 0) is 4.79 Å². The second-order valence-electron chi connectivity index (χ2n) is 4.02. The van der Waals surface area contributed by atoms with E-state index in [-0.39, 0.29) is 11.1 Å². The summed E-state index contributed by atoms with van der Waals surface area (Å²) in [5.74, 6) is -0.324. The van der Waals surface area contributed by atoms with Gasteiger partial charge in [-0.3, -0.25) is 14.9 Å². The van der Waals surface area contributed by atoms with Crippen LogP contribution >= 0.6 is 11.8 Å². The second-order valence-corrected chi connectivity index (χ2v) is 5.04. The van der Waals surface area contributed by atoms with Gasteiger partial charge in [-0.05, 0) is 41.0 Å². The molecule has 1 fully saturated rings. The Morgan fingerprint density at radius 2 is 2.00 bits per heavy atom. The lowest BCUT2D eigenvalue weighted by Gasteiger charge is -2.03. The van der Waals surface area contributed by atoms with Gasteiger partial charge in [0, 0.05) is 0 Å². The summed E-state index contributed by atoms with van der Waals surface area (Å²) in [5, 5.41) is 1.92. The summed E-state index contributed by atoms with van der Waals surface area (Å²) in [7, 11) is 0. The van der Waals surface area contributed by atoms with Crippen molar-refractivity contribution in [3.8, 4) is 0 Å². The van der Waals surface area contributed by atoms with Crippen molar-refractivity contribution in [1.82, 2.24) is 5.32 Å². The van der Waals surface area contributed by atoms with Crippen LogP contribution in [0.2, 0.25) is 0 Å². The molecule has 1 aliphatic carbocycles. The number of nitrogens with one attached hydrogen (secondary N) is 1. The second kappa shape index (κ2) is 8.27. The van der Waals surface area contributed by atoms with Crippen molar-refractivity contribution in [2.24, 2.45) is 0 Å². The van der Waals surface area contributed by atoms with Crippen LogP contribution in [0, 0.1) is 0 Å². The van der Waals surface area contributed by atoms with Crippen LogP contribution in [0.15, 0.2) is 71.2 Å². The summed E-state index contributed by atoms with van der Waals surface area (Å²) in [6, 6.07) is 0. The van der Waals surface area contributed by atoms with Crippen LogP contribution in [-0.4, -0.2) is 11.1 Å². The van der Waals surface area contributed by atoms with E-state index in [2.05, 4.69) is 18.5 Å². The molecule has 2 amide bonds. The Bertz CT molecular complexity index is 592. The molecule has 1 N–H and O–H groups in total. The summed E-state index contributed by atoms with van der Waals surface area (Å²) in [6.45, 7) is 11.4. The molecular weight excluding hydrogens is 282 g/mol. The molecule has 0 unspecified atom stereocenters. The van der Waals surface area contributed by atoms with E-state index in [1.807, 2.05) is 32.1 Å². The Hall–Kier alpha value is -2.07. The molecule has 1 heterocycles. The number of carbonyl (C=O) groups excluding carboxylic acids is 2. The highest BCUT2D eigenvalue weighted by atomic mass is 32.2. The standard InChI is InChI=1S/C15H13NO2S.C2H6/c1-3-5-11(4-2)12-7-6-10(8-12)9-13-14(17)16-15(18)19-13;1-2/h3-7,9H,1-2,8H2,(H,16,17,18);1-2H3/b11-5+,13-9-;. The average Bonchev–Trinajstić information content (AvgIpc) is 3.06. The van der Waals surface area contributed by atoms with Crippen LogP contribution < -0.4 is 5.32 Å². The lowest BCUT2D eigenvalue weighted by molar-refractivity contribution is -0.115. The van der Waals surface area contributed by atoms with E-state index in [0.717, 1.165) is 34.9 Å². The number of carbonyl (C=O) groups is 2. The summed E-state index contributed by atoms with van der Waals surface area (Å²) >= 11 is 0.933. The van der Waals surface area contributed by atoms with Gasteiger partial charge in [0.05, 0.1) is 4.91 Å². The Morgan fingerprint density at radius 1 is 1.29 bits per heavy atom. The highest BCUT2D eigenvalue weighted by molar-refractivity contribution is 8.18. The molecule has 110 valence electrons. The molecule has 0 atom stereocenters. The van der Waals surface area contributed by atoms with Crippen molar-refractivity contribution in [3.05, 3.63) is 71.2 Å². The minimum atomic E-state index is -0.324. The topological polar surface area (TPSA) is 46.2 Å². The monoisotopic (exact) mass is 301 g/mol. The van der Waals surface area contributed by atoms with Gasteiger partial charge in [0.2, 0.25) is 0 Å². The quantitative estimate of drug-likeness (QED) is 0.617. The first-order valence-corrected chi connectivity index (χ1v) is 7.56. The first-order valence-electron chi connectivity index (χ1n) is 6.74. The molecule has 4 heteroatoms. The van der Waals surface area contributed by atoms with Crippen molar-refractivity contribution in [2.45, 2.75) is 20.3 Å². The summed E-state index contributed by atoms with van der Waals surface area (Å²) in [4.78, 5) is 22.9. The van der Waals surface area contributed by atoms with E-state index in [9.17, 15) is 9.59 Å². The third kappa shape index (κ3) is 4.46. The number of thioether (sulfide) groups is 1. The summed E-state index contributed by atoms with van der Waals surface area (Å²) in [5.41, 5.74) is 3.13. The van der Waals surface area contributed by atoms with E-state index in [4.69, 9.17) is 0 Å². The Labute approximate surface area is 129 Å². The zero-order chi connectivity index (χ0) is 15.8. The fourth-order valence-electron chi connectivity index (χ4n) is 1.87. The molecule has 0 aromatic carbocycles. The van der Waals surface area contributed by atoms with Gasteiger partial charge in [-0.2, -0.15) is 0 Å². The number of hydrogen-bond acceptors (Lipinski definition) is 3. The molecule has 2 rings (SSSR count). The van der Waals surface area contributed by atoms with Crippen molar-refractivity contribution >= 4 is 22.9 Å².